The highest BCUT2D eigenvalue weighted by molar-refractivity contribution is 5.84. The van der Waals surface area contributed by atoms with Gasteiger partial charge in [0.25, 0.3) is 0 Å². The number of ether oxygens (including phenoxy) is 1. The Morgan fingerprint density at radius 3 is 2.50 bits per heavy atom. The van der Waals surface area contributed by atoms with Crippen LogP contribution in [0.2, 0.25) is 0 Å². The van der Waals surface area contributed by atoms with Crippen molar-refractivity contribution in [2.24, 2.45) is 0 Å². The molecule has 0 saturated heterocycles. The summed E-state index contributed by atoms with van der Waals surface area (Å²) in [4.78, 5) is 21.4. The van der Waals surface area contributed by atoms with E-state index in [-0.39, 0.29) is 25.0 Å². The smallest absolute Gasteiger partial charge is 0.246 e. The minimum Gasteiger partial charge on any atom is -0.372 e. The normalized spacial score (nSPS) is 9.17. The lowest BCUT2D eigenvalue weighted by Gasteiger charge is -2.03. The monoisotopic (exact) mass is 174 g/mol. The summed E-state index contributed by atoms with van der Waals surface area (Å²) in [6.07, 6.45) is 0. The van der Waals surface area contributed by atoms with E-state index in [1.165, 1.54) is 7.05 Å². The van der Waals surface area contributed by atoms with Gasteiger partial charge in [-0.2, -0.15) is 0 Å². The van der Waals surface area contributed by atoms with E-state index in [0.29, 0.717) is 6.61 Å². The zero-order chi connectivity index (χ0) is 9.40. The predicted octanol–water partition coefficient (Wildman–Crippen LogP) is -1.11. The Morgan fingerprint density at radius 2 is 2.00 bits per heavy atom. The van der Waals surface area contributed by atoms with Crippen LogP contribution in [0.3, 0.4) is 0 Å². The van der Waals surface area contributed by atoms with Crippen LogP contribution in [-0.2, 0) is 14.3 Å². The van der Waals surface area contributed by atoms with Crippen molar-refractivity contribution in [2.45, 2.75) is 6.92 Å². The maximum absolute atomic E-state index is 10.8. The van der Waals surface area contributed by atoms with Crippen LogP contribution in [0.25, 0.3) is 0 Å². The second-order valence-electron chi connectivity index (χ2n) is 2.09. The van der Waals surface area contributed by atoms with Gasteiger partial charge in [-0.3, -0.25) is 9.59 Å². The van der Waals surface area contributed by atoms with Crippen molar-refractivity contribution >= 4 is 11.8 Å². The van der Waals surface area contributed by atoms with Gasteiger partial charge >= 0.3 is 0 Å². The summed E-state index contributed by atoms with van der Waals surface area (Å²) >= 11 is 0. The molecule has 2 N–H and O–H groups in total. The third-order valence-corrected chi connectivity index (χ3v) is 1.16. The molecule has 70 valence electrons. The van der Waals surface area contributed by atoms with Gasteiger partial charge in [0.2, 0.25) is 11.8 Å². The van der Waals surface area contributed by atoms with E-state index in [9.17, 15) is 9.59 Å². The highest BCUT2D eigenvalue weighted by Crippen LogP contribution is 1.73. The van der Waals surface area contributed by atoms with Crippen LogP contribution in [-0.4, -0.2) is 38.6 Å². The minimum absolute atomic E-state index is 0.00239. The number of amides is 2. The van der Waals surface area contributed by atoms with Gasteiger partial charge in [0, 0.05) is 13.7 Å². The van der Waals surface area contributed by atoms with Crippen molar-refractivity contribution in [3.63, 3.8) is 0 Å². The molecule has 0 unspecified atom stereocenters. The molecule has 12 heavy (non-hydrogen) atoms. The first-order chi connectivity index (χ1) is 5.70. The number of carbonyl (C=O) groups is 2. The van der Waals surface area contributed by atoms with E-state index < -0.39 is 0 Å². The van der Waals surface area contributed by atoms with Crippen LogP contribution in [0.15, 0.2) is 0 Å². The van der Waals surface area contributed by atoms with E-state index >= 15 is 0 Å². The Hall–Kier alpha value is -1.10. The van der Waals surface area contributed by atoms with Gasteiger partial charge in [-0.15, -0.1) is 0 Å². The van der Waals surface area contributed by atoms with Crippen molar-refractivity contribution in [1.82, 2.24) is 10.6 Å². The fraction of sp³-hybridized carbons (Fsp3) is 0.714. The third kappa shape index (κ3) is 5.67. The zero-order valence-electron chi connectivity index (χ0n) is 7.35. The van der Waals surface area contributed by atoms with Crippen LogP contribution in [0, 0.1) is 0 Å². The molecule has 0 saturated carbocycles. The van der Waals surface area contributed by atoms with Crippen molar-refractivity contribution < 1.29 is 14.3 Å². The summed E-state index contributed by atoms with van der Waals surface area (Å²) in [5, 5.41) is 4.77. The molecule has 0 aliphatic carbocycles. The van der Waals surface area contributed by atoms with E-state index in [0.717, 1.165) is 0 Å². The van der Waals surface area contributed by atoms with Gasteiger partial charge in [0.05, 0.1) is 6.54 Å². The minimum atomic E-state index is -0.277. The maximum atomic E-state index is 10.8. The van der Waals surface area contributed by atoms with Crippen molar-refractivity contribution in [3.8, 4) is 0 Å². The molecular weight excluding hydrogens is 160 g/mol. The van der Waals surface area contributed by atoms with Crippen LogP contribution < -0.4 is 10.6 Å². The SMILES string of the molecule is CCOCC(=O)NCC(=O)NC. The summed E-state index contributed by atoms with van der Waals surface area (Å²) in [7, 11) is 1.51. The predicted molar refractivity (Wildman–Crippen MR) is 43.6 cm³/mol. The molecule has 0 heterocycles. The van der Waals surface area contributed by atoms with Gasteiger partial charge in [-0.1, -0.05) is 0 Å². The van der Waals surface area contributed by atoms with Crippen LogP contribution in [0.1, 0.15) is 6.92 Å². The van der Waals surface area contributed by atoms with Gasteiger partial charge in [-0.05, 0) is 6.92 Å². The molecule has 0 aliphatic heterocycles. The second kappa shape index (κ2) is 6.60. The fourth-order valence-corrected chi connectivity index (χ4v) is 0.513. The number of carbonyl (C=O) groups excluding carboxylic acids is 2. The molecule has 0 spiro atoms. The molecule has 5 heteroatoms. The average molecular weight is 174 g/mol. The van der Waals surface area contributed by atoms with E-state index in [1.54, 1.807) is 6.92 Å². The van der Waals surface area contributed by atoms with Crippen LogP contribution in [0.5, 0.6) is 0 Å². The molecule has 0 aromatic heterocycles. The molecule has 0 aromatic carbocycles. The average Bonchev–Trinajstić information content (AvgIpc) is 2.10. The summed E-state index contributed by atoms with van der Waals surface area (Å²) in [5.41, 5.74) is 0. The van der Waals surface area contributed by atoms with E-state index in [2.05, 4.69) is 10.6 Å². The number of nitrogens with one attached hydrogen (secondary N) is 2. The fourth-order valence-electron chi connectivity index (χ4n) is 0.513. The summed E-state index contributed by atoms with van der Waals surface area (Å²) in [6.45, 7) is 2.30. The molecular formula is C7H14N2O3. The molecule has 2 amide bonds. The highest BCUT2D eigenvalue weighted by atomic mass is 16.5. The molecule has 0 rings (SSSR count). The lowest BCUT2D eigenvalue weighted by molar-refractivity contribution is -0.128. The number of likely N-dealkylation sites (N-methyl/N-ethyl adjacent to an activating group) is 1. The van der Waals surface area contributed by atoms with Gasteiger partial charge in [0.1, 0.15) is 6.61 Å². The summed E-state index contributed by atoms with van der Waals surface area (Å²) in [6, 6.07) is 0. The molecule has 0 radical (unpaired) electrons. The first-order valence-corrected chi connectivity index (χ1v) is 3.75. The zero-order valence-corrected chi connectivity index (χ0v) is 7.35. The lowest BCUT2D eigenvalue weighted by atomic mass is 10.5. The molecule has 0 fully saturated rings. The van der Waals surface area contributed by atoms with Crippen molar-refractivity contribution in [3.05, 3.63) is 0 Å². The lowest BCUT2D eigenvalue weighted by Crippen LogP contribution is -2.36. The van der Waals surface area contributed by atoms with Crippen molar-refractivity contribution in [2.75, 3.05) is 26.8 Å². The second-order valence-corrected chi connectivity index (χ2v) is 2.09. The van der Waals surface area contributed by atoms with Gasteiger partial charge in [0.15, 0.2) is 0 Å². The van der Waals surface area contributed by atoms with Gasteiger partial charge < -0.3 is 15.4 Å². The molecule has 5 nitrogen and oxygen atoms in total. The van der Waals surface area contributed by atoms with E-state index in [1.807, 2.05) is 0 Å². The Balaban J connectivity index is 3.37. The van der Waals surface area contributed by atoms with E-state index in [4.69, 9.17) is 4.74 Å². The quantitative estimate of drug-likeness (QED) is 0.555. The number of rotatable bonds is 5. The third-order valence-electron chi connectivity index (χ3n) is 1.16. The maximum Gasteiger partial charge on any atom is 0.246 e. The highest BCUT2D eigenvalue weighted by Gasteiger charge is 2.02. The first kappa shape index (κ1) is 10.9. The Morgan fingerprint density at radius 1 is 1.33 bits per heavy atom. The topological polar surface area (TPSA) is 67.4 Å². The Labute approximate surface area is 71.5 Å². The molecule has 0 bridgehead atoms. The van der Waals surface area contributed by atoms with Crippen molar-refractivity contribution in [1.29, 1.82) is 0 Å². The first-order valence-electron chi connectivity index (χ1n) is 3.75. The number of hydrogen-bond acceptors (Lipinski definition) is 3. The standard InChI is InChI=1S/C7H14N2O3/c1-3-12-5-7(11)9-4-6(10)8-2/h3-5H2,1-2H3,(H,8,10)(H,9,11). The molecule has 0 aromatic rings. The molecule has 0 aliphatic rings. The van der Waals surface area contributed by atoms with Gasteiger partial charge in [-0.25, -0.2) is 0 Å². The van der Waals surface area contributed by atoms with Crippen LogP contribution >= 0.6 is 0 Å². The molecule has 0 atom stereocenters. The summed E-state index contributed by atoms with van der Waals surface area (Å²) in [5.74, 6) is -0.500. The van der Waals surface area contributed by atoms with Crippen LogP contribution in [0.4, 0.5) is 0 Å². The summed E-state index contributed by atoms with van der Waals surface area (Å²) < 4.78 is 4.82. The Kier molecular flexibility index (Phi) is 6.00. The largest absolute Gasteiger partial charge is 0.372 e. The Bertz CT molecular complexity index is 159. The number of hydrogen-bond donors (Lipinski definition) is 2.